The third-order valence-corrected chi connectivity index (χ3v) is 6.75. The first-order chi connectivity index (χ1) is 20.7. The third kappa shape index (κ3) is 11.1. The molecule has 0 spiro atoms. The average Bonchev–Trinajstić information content (AvgIpc) is 3.01. The first kappa shape index (κ1) is 35.4. The minimum atomic E-state index is -0.406. The molecular formula is C30H38BrF2N5O5. The summed E-state index contributed by atoms with van der Waals surface area (Å²) in [6.45, 7) is 8.10. The normalized spacial score (nSPS) is 13.2. The summed E-state index contributed by atoms with van der Waals surface area (Å²) in [5.41, 5.74) is 6.31. The van der Waals surface area contributed by atoms with Gasteiger partial charge in [-0.05, 0) is 48.9 Å². The van der Waals surface area contributed by atoms with Crippen LogP contribution < -0.4 is 20.5 Å². The van der Waals surface area contributed by atoms with Crippen molar-refractivity contribution in [2.45, 2.75) is 26.7 Å². The Hall–Kier alpha value is -3.84. The van der Waals surface area contributed by atoms with Crippen molar-refractivity contribution in [3.05, 3.63) is 59.4 Å². The minimum absolute atomic E-state index is 0.225. The van der Waals surface area contributed by atoms with Crippen LogP contribution in [0.25, 0.3) is 10.9 Å². The first-order valence-electron chi connectivity index (χ1n) is 13.6. The van der Waals surface area contributed by atoms with Gasteiger partial charge in [-0.1, -0.05) is 35.9 Å². The zero-order valence-corrected chi connectivity index (χ0v) is 26.1. The van der Waals surface area contributed by atoms with E-state index in [1.807, 2.05) is 20.6 Å². The van der Waals surface area contributed by atoms with Gasteiger partial charge in [0.05, 0.1) is 31.3 Å². The number of aromatic nitrogens is 2. The zero-order chi connectivity index (χ0) is 31.8. The van der Waals surface area contributed by atoms with E-state index >= 15 is 0 Å². The summed E-state index contributed by atoms with van der Waals surface area (Å²) in [6, 6.07) is 8.32. The van der Waals surface area contributed by atoms with Crippen molar-refractivity contribution in [1.82, 2.24) is 14.9 Å². The molecule has 234 valence electrons. The number of ether oxygens (including phenoxy) is 3. The minimum Gasteiger partial charge on any atom is -0.493 e. The number of nitrogens with one attached hydrogen (secondary N) is 1. The lowest BCUT2D eigenvalue weighted by Crippen LogP contribution is -2.40. The van der Waals surface area contributed by atoms with Crippen LogP contribution in [-0.2, 0) is 9.53 Å². The largest absolute Gasteiger partial charge is 0.493 e. The van der Waals surface area contributed by atoms with Gasteiger partial charge in [0.1, 0.15) is 31.4 Å². The Balaban J connectivity index is 0.000000720. The summed E-state index contributed by atoms with van der Waals surface area (Å²) < 4.78 is 42.8. The van der Waals surface area contributed by atoms with Crippen molar-refractivity contribution in [3.8, 4) is 11.5 Å². The molecule has 1 fully saturated rings. The number of nitrogens with two attached hydrogens (primary N) is 1. The Morgan fingerprint density at radius 3 is 2.51 bits per heavy atom. The number of amides is 1. The molecule has 13 heteroatoms. The summed E-state index contributed by atoms with van der Waals surface area (Å²) in [4.78, 5) is 30.3. The van der Waals surface area contributed by atoms with Gasteiger partial charge >= 0.3 is 6.09 Å². The van der Waals surface area contributed by atoms with Gasteiger partial charge in [0.15, 0.2) is 11.5 Å². The Labute approximate surface area is 258 Å². The van der Waals surface area contributed by atoms with Crippen LogP contribution in [0.15, 0.2) is 53.5 Å². The van der Waals surface area contributed by atoms with Crippen molar-refractivity contribution < 1.29 is 32.6 Å². The van der Waals surface area contributed by atoms with Crippen LogP contribution in [0.2, 0.25) is 0 Å². The SMILES string of the molecule is C=O.CC(C)/C=C/F.COc1cc2c(Nc3ccc(Br)cc3F)ncnc2cc1OCC1CCN(C(=O)OCCN)CC1. The maximum Gasteiger partial charge on any atom is 0.409 e. The van der Waals surface area contributed by atoms with Gasteiger partial charge in [-0.25, -0.2) is 23.5 Å². The van der Waals surface area contributed by atoms with Gasteiger partial charge in [-0.2, -0.15) is 0 Å². The van der Waals surface area contributed by atoms with Gasteiger partial charge in [0.2, 0.25) is 0 Å². The maximum absolute atomic E-state index is 14.3. The molecule has 1 saturated heterocycles. The smallest absolute Gasteiger partial charge is 0.409 e. The summed E-state index contributed by atoms with van der Waals surface area (Å²) >= 11 is 3.26. The predicted octanol–water partition coefficient (Wildman–Crippen LogP) is 6.41. The number of allylic oxidation sites excluding steroid dienone is 1. The van der Waals surface area contributed by atoms with Crippen LogP contribution in [0, 0.1) is 17.7 Å². The molecule has 0 radical (unpaired) electrons. The number of anilines is 2. The number of rotatable bonds is 9. The molecule has 43 heavy (non-hydrogen) atoms. The number of carbonyl (C=O) groups excluding carboxylic acids is 2. The van der Waals surface area contributed by atoms with Gasteiger partial charge in [-0.3, -0.25) is 0 Å². The van der Waals surface area contributed by atoms with Crippen LogP contribution >= 0.6 is 15.9 Å². The van der Waals surface area contributed by atoms with Crippen molar-refractivity contribution in [2.24, 2.45) is 17.6 Å². The fraction of sp³-hybridized carbons (Fsp3) is 0.400. The molecular weight excluding hydrogens is 628 g/mol. The van der Waals surface area contributed by atoms with E-state index in [9.17, 15) is 13.6 Å². The number of likely N-dealkylation sites (tertiary alicyclic amines) is 1. The lowest BCUT2D eigenvalue weighted by Gasteiger charge is -2.31. The molecule has 1 amide bonds. The summed E-state index contributed by atoms with van der Waals surface area (Å²) in [7, 11) is 1.56. The molecule has 2 heterocycles. The Kier molecular flexibility index (Phi) is 15.3. The second-order valence-corrected chi connectivity index (χ2v) is 10.6. The zero-order valence-electron chi connectivity index (χ0n) is 24.5. The van der Waals surface area contributed by atoms with Crippen LogP contribution in [0.3, 0.4) is 0 Å². The predicted molar refractivity (Wildman–Crippen MR) is 166 cm³/mol. The molecule has 1 aliphatic heterocycles. The molecule has 0 unspecified atom stereocenters. The average molecular weight is 667 g/mol. The number of halogens is 3. The summed E-state index contributed by atoms with van der Waals surface area (Å²) in [5, 5.41) is 3.70. The highest BCUT2D eigenvalue weighted by molar-refractivity contribution is 9.10. The van der Waals surface area contributed by atoms with Crippen molar-refractivity contribution in [1.29, 1.82) is 0 Å². The van der Waals surface area contributed by atoms with Crippen LogP contribution in [0.4, 0.5) is 25.1 Å². The van der Waals surface area contributed by atoms with E-state index < -0.39 is 5.82 Å². The molecule has 0 atom stereocenters. The number of methoxy groups -OCH3 is 1. The lowest BCUT2D eigenvalue weighted by molar-refractivity contribution is -0.0980. The monoisotopic (exact) mass is 665 g/mol. The van der Waals surface area contributed by atoms with Crippen molar-refractivity contribution in [3.63, 3.8) is 0 Å². The van der Waals surface area contributed by atoms with Gasteiger partial charge in [0.25, 0.3) is 0 Å². The van der Waals surface area contributed by atoms with Gasteiger partial charge in [-0.15, -0.1) is 0 Å². The van der Waals surface area contributed by atoms with Crippen molar-refractivity contribution in [2.75, 3.05) is 45.3 Å². The number of piperidine rings is 1. The molecule has 3 aromatic rings. The topological polar surface area (TPSA) is 129 Å². The fourth-order valence-corrected chi connectivity index (χ4v) is 4.36. The van der Waals surface area contributed by atoms with E-state index in [1.165, 1.54) is 18.5 Å². The molecule has 1 aromatic heterocycles. The highest BCUT2D eigenvalue weighted by atomic mass is 79.9. The Morgan fingerprint density at radius 1 is 1.21 bits per heavy atom. The number of nitrogens with zero attached hydrogens (tertiary/aromatic N) is 3. The van der Waals surface area contributed by atoms with E-state index in [-0.39, 0.29) is 18.6 Å². The lowest BCUT2D eigenvalue weighted by atomic mass is 9.98. The standard InChI is InChI=1S/C24H27BrFN5O4.C5H9F.CH2O/c1-33-21-11-17-20(28-14-29-23(17)30-19-3-2-16(25)10-18(19)26)12-22(21)35-13-15-4-7-31(8-5-15)24(32)34-9-6-27;1-5(2)3-4-6;1-2/h2-3,10-12,14-15H,4-9,13,27H2,1H3,(H,28,29,30);3-5H,1-2H3;1H2/b;4-3+;. The molecule has 1 aliphatic rings. The van der Waals surface area contributed by atoms with Crippen molar-refractivity contribution >= 4 is 51.2 Å². The third-order valence-electron chi connectivity index (χ3n) is 6.25. The number of fused-ring (bicyclic) bond motifs is 1. The summed E-state index contributed by atoms with van der Waals surface area (Å²) in [5.74, 6) is 1.76. The molecule has 4 rings (SSSR count). The Morgan fingerprint density at radius 2 is 1.93 bits per heavy atom. The molecule has 0 bridgehead atoms. The van der Waals surface area contributed by atoms with Gasteiger partial charge in [0, 0.05) is 35.6 Å². The highest BCUT2D eigenvalue weighted by Gasteiger charge is 2.24. The molecule has 10 nitrogen and oxygen atoms in total. The second kappa shape index (κ2) is 18.6. The van der Waals surface area contributed by atoms with Crippen LogP contribution in [-0.4, -0.2) is 67.7 Å². The van der Waals surface area contributed by atoms with E-state index in [0.717, 1.165) is 12.8 Å². The highest BCUT2D eigenvalue weighted by Crippen LogP contribution is 2.36. The number of hydrogen-bond acceptors (Lipinski definition) is 9. The maximum atomic E-state index is 14.3. The van der Waals surface area contributed by atoms with E-state index in [4.69, 9.17) is 24.7 Å². The molecule has 3 N–H and O–H groups in total. The van der Waals surface area contributed by atoms with Crippen LogP contribution in [0.1, 0.15) is 26.7 Å². The quantitative estimate of drug-likeness (QED) is 0.266. The second-order valence-electron chi connectivity index (χ2n) is 9.70. The van der Waals surface area contributed by atoms with E-state index in [0.29, 0.717) is 76.9 Å². The number of carbonyl (C=O) groups is 2. The summed E-state index contributed by atoms with van der Waals surface area (Å²) in [6.07, 6.45) is 4.78. The fourth-order valence-electron chi connectivity index (χ4n) is 4.03. The number of hydrogen-bond donors (Lipinski definition) is 2. The number of benzene rings is 2. The first-order valence-corrected chi connectivity index (χ1v) is 14.4. The van der Waals surface area contributed by atoms with Gasteiger partial charge < -0.3 is 35.0 Å². The molecule has 0 saturated carbocycles. The molecule has 0 aliphatic carbocycles. The van der Waals surface area contributed by atoms with Crippen LogP contribution in [0.5, 0.6) is 11.5 Å². The van der Waals surface area contributed by atoms with E-state index in [1.54, 1.807) is 36.3 Å². The molecule has 2 aromatic carbocycles. The van der Waals surface area contributed by atoms with E-state index in [2.05, 4.69) is 31.2 Å². The Bertz CT molecular complexity index is 1340.